The van der Waals surface area contributed by atoms with Crippen LogP contribution in [0.1, 0.15) is 24.0 Å². The van der Waals surface area contributed by atoms with Gasteiger partial charge in [0.2, 0.25) is 0 Å². The molecule has 2 aliphatic heterocycles. The first kappa shape index (κ1) is 21.6. The molecule has 0 aromatic heterocycles. The van der Waals surface area contributed by atoms with E-state index in [9.17, 15) is 9.90 Å². The number of aliphatic hydroxyl groups is 1. The molecule has 2 atom stereocenters. The van der Waals surface area contributed by atoms with Crippen molar-refractivity contribution < 1.29 is 28.8 Å². The molecule has 0 saturated carbocycles. The van der Waals surface area contributed by atoms with Gasteiger partial charge in [0.15, 0.2) is 0 Å². The number of carbonyl (C=O) groups excluding carboxylic acids is 1. The number of hydrogen-bond donors (Lipinski definition) is 1. The van der Waals surface area contributed by atoms with Gasteiger partial charge < -0.3 is 24.1 Å². The summed E-state index contributed by atoms with van der Waals surface area (Å²) >= 11 is 0. The van der Waals surface area contributed by atoms with Crippen molar-refractivity contribution in [3.8, 4) is 5.75 Å². The Hall–Kier alpha value is -2.61. The maximum absolute atomic E-state index is 12.8. The average Bonchev–Trinajstić information content (AvgIpc) is 2.78. The van der Waals surface area contributed by atoms with Gasteiger partial charge >= 0.3 is 6.09 Å². The minimum Gasteiger partial charge on any atom is -0.491 e. The van der Waals surface area contributed by atoms with E-state index in [1.165, 1.54) is 0 Å². The smallest absolute Gasteiger partial charge is 0.410 e. The van der Waals surface area contributed by atoms with E-state index in [1.807, 2.05) is 54.6 Å². The second-order valence-electron chi connectivity index (χ2n) is 8.10. The second kappa shape index (κ2) is 9.68. The fourth-order valence-corrected chi connectivity index (χ4v) is 4.41. The number of ether oxygens (including phenoxy) is 4. The largest absolute Gasteiger partial charge is 0.491 e. The van der Waals surface area contributed by atoms with Crippen molar-refractivity contribution in [1.82, 2.24) is 4.90 Å². The van der Waals surface area contributed by atoms with E-state index >= 15 is 0 Å². The molecule has 2 aliphatic rings. The minimum atomic E-state index is -1.03. The van der Waals surface area contributed by atoms with Crippen LogP contribution < -0.4 is 4.74 Å². The van der Waals surface area contributed by atoms with Crippen LogP contribution in [0.3, 0.4) is 0 Å². The van der Waals surface area contributed by atoms with Gasteiger partial charge in [-0.05, 0) is 23.3 Å². The Balaban J connectivity index is 1.41. The normalized spacial score (nSPS) is 25.2. The summed E-state index contributed by atoms with van der Waals surface area (Å²) in [6.45, 7) is 1.99. The lowest BCUT2D eigenvalue weighted by atomic mass is 9.77. The van der Waals surface area contributed by atoms with Gasteiger partial charge in [-0.25, -0.2) is 4.79 Å². The number of carbonyl (C=O) groups is 1. The molecule has 2 bridgehead atoms. The van der Waals surface area contributed by atoms with Crippen molar-refractivity contribution in [2.75, 3.05) is 33.5 Å². The van der Waals surface area contributed by atoms with Crippen LogP contribution >= 0.6 is 0 Å². The summed E-state index contributed by atoms with van der Waals surface area (Å²) in [5.41, 5.74) is 0.736. The standard InChI is InChI=1S/C24H29NO6/c1-28-11-12-30-22-9-7-19(8-10-22)24(27)13-20-16-29-17-21(14-24)25(20)23(26)31-15-18-5-3-2-4-6-18/h2-10,20-21,27H,11-17H2,1H3. The molecule has 1 amide bonds. The number of rotatable bonds is 7. The second-order valence-corrected chi connectivity index (χ2v) is 8.10. The molecule has 7 nitrogen and oxygen atoms in total. The van der Waals surface area contributed by atoms with Crippen LogP contribution in [-0.2, 0) is 26.4 Å². The van der Waals surface area contributed by atoms with Crippen LogP contribution in [-0.4, -0.2) is 61.7 Å². The summed E-state index contributed by atoms with van der Waals surface area (Å²) in [7, 11) is 1.63. The minimum absolute atomic E-state index is 0.227. The van der Waals surface area contributed by atoms with E-state index in [0.29, 0.717) is 39.3 Å². The maximum atomic E-state index is 12.8. The first-order valence-electron chi connectivity index (χ1n) is 10.6. The van der Waals surface area contributed by atoms with Crippen molar-refractivity contribution in [2.45, 2.75) is 37.1 Å². The SMILES string of the molecule is COCCOc1ccc(C2(O)CC3COCC(C2)N3C(=O)OCc2ccccc2)cc1. The zero-order valence-electron chi connectivity index (χ0n) is 17.7. The van der Waals surface area contributed by atoms with E-state index in [0.717, 1.165) is 16.9 Å². The van der Waals surface area contributed by atoms with Gasteiger partial charge in [-0.15, -0.1) is 0 Å². The van der Waals surface area contributed by atoms with Crippen molar-refractivity contribution in [1.29, 1.82) is 0 Å². The van der Waals surface area contributed by atoms with Crippen molar-refractivity contribution in [2.24, 2.45) is 0 Å². The Morgan fingerprint density at radius 3 is 2.39 bits per heavy atom. The summed E-state index contributed by atoms with van der Waals surface area (Å²) in [5, 5.41) is 11.5. The quantitative estimate of drug-likeness (QED) is 0.685. The molecule has 166 valence electrons. The van der Waals surface area contributed by atoms with E-state index < -0.39 is 5.60 Å². The highest BCUT2D eigenvalue weighted by molar-refractivity contribution is 5.69. The molecular formula is C24H29NO6. The highest BCUT2D eigenvalue weighted by atomic mass is 16.6. The number of hydrogen-bond acceptors (Lipinski definition) is 6. The third-order valence-corrected chi connectivity index (χ3v) is 5.92. The van der Waals surface area contributed by atoms with Crippen molar-refractivity contribution in [3.63, 3.8) is 0 Å². The lowest BCUT2D eigenvalue weighted by molar-refractivity contribution is -0.136. The Labute approximate surface area is 182 Å². The fourth-order valence-electron chi connectivity index (χ4n) is 4.41. The molecule has 2 heterocycles. The summed E-state index contributed by atoms with van der Waals surface area (Å²) < 4.78 is 21.9. The van der Waals surface area contributed by atoms with Crippen LogP contribution in [0, 0.1) is 0 Å². The maximum Gasteiger partial charge on any atom is 0.410 e. The topological polar surface area (TPSA) is 77.5 Å². The van der Waals surface area contributed by atoms with E-state index in [2.05, 4.69) is 0 Å². The molecule has 7 heteroatoms. The van der Waals surface area contributed by atoms with Crippen molar-refractivity contribution in [3.05, 3.63) is 65.7 Å². The summed E-state index contributed by atoms with van der Waals surface area (Å²) in [5.74, 6) is 0.731. The predicted molar refractivity (Wildman–Crippen MR) is 114 cm³/mol. The molecule has 4 rings (SSSR count). The Kier molecular flexibility index (Phi) is 6.75. The molecule has 31 heavy (non-hydrogen) atoms. The lowest BCUT2D eigenvalue weighted by Gasteiger charge is -2.51. The van der Waals surface area contributed by atoms with Crippen molar-refractivity contribution >= 4 is 6.09 Å². The molecule has 2 fully saturated rings. The number of benzene rings is 2. The summed E-state index contributed by atoms with van der Waals surface area (Å²) in [6.07, 6.45) is 0.438. The fraction of sp³-hybridized carbons (Fsp3) is 0.458. The Morgan fingerprint density at radius 2 is 1.74 bits per heavy atom. The van der Waals surface area contributed by atoms with E-state index in [-0.39, 0.29) is 24.8 Å². The van der Waals surface area contributed by atoms with Crippen LogP contribution in [0.2, 0.25) is 0 Å². The number of nitrogens with zero attached hydrogens (tertiary/aromatic N) is 1. The molecule has 2 aromatic rings. The van der Waals surface area contributed by atoms with E-state index in [4.69, 9.17) is 18.9 Å². The van der Waals surface area contributed by atoms with E-state index in [1.54, 1.807) is 12.0 Å². The van der Waals surface area contributed by atoms with Gasteiger partial charge in [0.05, 0.1) is 37.5 Å². The van der Waals surface area contributed by atoms with Gasteiger partial charge in [-0.3, -0.25) is 4.90 Å². The van der Waals surface area contributed by atoms with Gasteiger partial charge in [0.25, 0.3) is 0 Å². The van der Waals surface area contributed by atoms with Crippen LogP contribution in [0.25, 0.3) is 0 Å². The molecular weight excluding hydrogens is 398 g/mol. The monoisotopic (exact) mass is 427 g/mol. The predicted octanol–water partition coefficient (Wildman–Crippen LogP) is 3.10. The number of fused-ring (bicyclic) bond motifs is 2. The molecule has 1 N–H and O–H groups in total. The number of methoxy groups -OCH3 is 1. The summed E-state index contributed by atoms with van der Waals surface area (Å²) in [6, 6.07) is 16.6. The first-order valence-corrected chi connectivity index (χ1v) is 10.6. The zero-order valence-corrected chi connectivity index (χ0v) is 17.7. The number of piperidine rings is 1. The molecule has 2 aromatic carbocycles. The highest BCUT2D eigenvalue weighted by Gasteiger charge is 2.49. The third-order valence-electron chi connectivity index (χ3n) is 5.92. The lowest BCUT2D eigenvalue weighted by Crippen LogP contribution is -2.62. The average molecular weight is 427 g/mol. The molecule has 0 radical (unpaired) electrons. The highest BCUT2D eigenvalue weighted by Crippen LogP contribution is 2.41. The molecule has 2 saturated heterocycles. The first-order chi connectivity index (χ1) is 15.1. The zero-order chi connectivity index (χ0) is 21.7. The Morgan fingerprint density at radius 1 is 1.06 bits per heavy atom. The van der Waals surface area contributed by atoms with Crippen LogP contribution in [0.15, 0.2) is 54.6 Å². The summed E-state index contributed by atoms with van der Waals surface area (Å²) in [4.78, 5) is 14.6. The van der Waals surface area contributed by atoms with Gasteiger partial charge in [0.1, 0.15) is 19.0 Å². The van der Waals surface area contributed by atoms with Crippen LogP contribution in [0.5, 0.6) is 5.75 Å². The molecule has 0 spiro atoms. The number of morpholine rings is 1. The van der Waals surface area contributed by atoms with Gasteiger partial charge in [0, 0.05) is 20.0 Å². The van der Waals surface area contributed by atoms with Gasteiger partial charge in [-0.1, -0.05) is 42.5 Å². The molecule has 0 aliphatic carbocycles. The number of amides is 1. The molecule has 2 unspecified atom stereocenters. The van der Waals surface area contributed by atoms with Crippen LogP contribution in [0.4, 0.5) is 4.79 Å². The van der Waals surface area contributed by atoms with Gasteiger partial charge in [-0.2, -0.15) is 0 Å². The Bertz CT molecular complexity index is 842. The third kappa shape index (κ3) is 5.01.